The number of nitrogens with zero attached hydrogens (tertiary/aromatic N) is 5. The number of para-hydroxylation sites is 2. The molecule has 0 atom stereocenters. The molecule has 1 N–H and O–H groups in total. The van der Waals surface area contributed by atoms with Crippen LogP contribution < -0.4 is 5.32 Å². The largest absolute Gasteiger partial charge is 0.369 e. The topological polar surface area (TPSA) is 68.5 Å². The molecular weight excluding hydrogens is 264 g/mol. The van der Waals surface area contributed by atoms with Crippen LogP contribution in [0.5, 0.6) is 0 Å². The Hall–Kier alpha value is -2.50. The van der Waals surface area contributed by atoms with Crippen LogP contribution in [0.25, 0.3) is 11.0 Å². The van der Waals surface area contributed by atoms with Crippen LogP contribution in [0.1, 0.15) is 18.5 Å². The van der Waals surface area contributed by atoms with E-state index < -0.39 is 0 Å². The number of nitrogens with one attached hydrogen (secondary N) is 1. The van der Waals surface area contributed by atoms with Gasteiger partial charge in [-0.15, -0.1) is 10.2 Å². The Balaban J connectivity index is 1.54. The van der Waals surface area contributed by atoms with Gasteiger partial charge in [0.05, 0.1) is 16.7 Å². The second kappa shape index (κ2) is 6.30. The molecule has 0 radical (unpaired) electrons. The van der Waals surface area contributed by atoms with Gasteiger partial charge in [-0.3, -0.25) is 0 Å². The first-order valence-electron chi connectivity index (χ1n) is 7.12. The second-order valence-corrected chi connectivity index (χ2v) is 4.98. The third-order valence-electron chi connectivity index (χ3n) is 3.35. The number of rotatable bonds is 6. The summed E-state index contributed by atoms with van der Waals surface area (Å²) in [5, 5.41) is 10.9. The molecule has 0 unspecified atom stereocenters. The Morgan fingerprint density at radius 3 is 2.48 bits per heavy atom. The molecule has 3 rings (SSSR count). The Bertz CT molecular complexity index is 707. The number of aromatic nitrogens is 5. The molecule has 0 saturated heterocycles. The van der Waals surface area contributed by atoms with Crippen molar-refractivity contribution in [2.75, 3.05) is 11.9 Å². The van der Waals surface area contributed by atoms with E-state index in [0.717, 1.165) is 48.5 Å². The summed E-state index contributed by atoms with van der Waals surface area (Å²) >= 11 is 0. The molecule has 2 aromatic heterocycles. The standard InChI is InChI=1S/C15H18N6/c1-12-15(20-14-7-3-2-6-13(14)19-12)16-8-4-5-9-21-10-17-18-11-21/h2-3,6-7,10-11H,4-5,8-9H2,1H3,(H,16,20). The van der Waals surface area contributed by atoms with Crippen LogP contribution >= 0.6 is 0 Å². The fraction of sp³-hybridized carbons (Fsp3) is 0.333. The van der Waals surface area contributed by atoms with Crippen LogP contribution in [0.2, 0.25) is 0 Å². The molecule has 1 aromatic carbocycles. The predicted octanol–water partition coefficient (Wildman–Crippen LogP) is 2.42. The molecule has 0 aliphatic rings. The molecule has 0 spiro atoms. The van der Waals surface area contributed by atoms with E-state index in [4.69, 9.17) is 0 Å². The molecule has 0 fully saturated rings. The van der Waals surface area contributed by atoms with Crippen LogP contribution in [0.15, 0.2) is 36.9 Å². The van der Waals surface area contributed by atoms with Gasteiger partial charge in [0.1, 0.15) is 18.5 Å². The normalized spacial score (nSPS) is 10.9. The first-order valence-corrected chi connectivity index (χ1v) is 7.12. The fourth-order valence-electron chi connectivity index (χ4n) is 2.22. The van der Waals surface area contributed by atoms with Crippen LogP contribution in [0.4, 0.5) is 5.82 Å². The van der Waals surface area contributed by atoms with Gasteiger partial charge < -0.3 is 9.88 Å². The fourth-order valence-corrected chi connectivity index (χ4v) is 2.22. The van der Waals surface area contributed by atoms with E-state index in [1.807, 2.05) is 35.8 Å². The summed E-state index contributed by atoms with van der Waals surface area (Å²) in [7, 11) is 0. The zero-order valence-corrected chi connectivity index (χ0v) is 12.0. The maximum atomic E-state index is 4.62. The Morgan fingerprint density at radius 2 is 1.71 bits per heavy atom. The summed E-state index contributed by atoms with van der Waals surface area (Å²) < 4.78 is 1.99. The number of hydrogen-bond acceptors (Lipinski definition) is 5. The van der Waals surface area contributed by atoms with Crippen LogP contribution in [-0.4, -0.2) is 31.3 Å². The summed E-state index contributed by atoms with van der Waals surface area (Å²) in [6, 6.07) is 7.93. The maximum absolute atomic E-state index is 4.62. The predicted molar refractivity (Wildman–Crippen MR) is 82.0 cm³/mol. The van der Waals surface area contributed by atoms with E-state index in [1.54, 1.807) is 12.7 Å². The highest BCUT2D eigenvalue weighted by Crippen LogP contribution is 2.15. The number of aryl methyl sites for hydroxylation is 2. The summed E-state index contributed by atoms with van der Waals surface area (Å²) in [6.07, 6.45) is 5.62. The van der Waals surface area contributed by atoms with Crippen molar-refractivity contribution in [2.45, 2.75) is 26.3 Å². The van der Waals surface area contributed by atoms with Crippen molar-refractivity contribution >= 4 is 16.9 Å². The molecule has 0 aliphatic carbocycles. The minimum atomic E-state index is 0.873. The number of anilines is 1. The Labute approximate surface area is 123 Å². The lowest BCUT2D eigenvalue weighted by Gasteiger charge is -2.09. The van der Waals surface area contributed by atoms with Crippen molar-refractivity contribution in [1.82, 2.24) is 24.7 Å². The smallest absolute Gasteiger partial charge is 0.148 e. The first-order chi connectivity index (χ1) is 10.3. The van der Waals surface area contributed by atoms with Crippen LogP contribution in [0, 0.1) is 6.92 Å². The molecular formula is C15H18N6. The van der Waals surface area contributed by atoms with Gasteiger partial charge in [0.25, 0.3) is 0 Å². The molecule has 0 amide bonds. The molecule has 0 aliphatic heterocycles. The SMILES string of the molecule is Cc1nc2ccccc2nc1NCCCCn1cnnc1. The highest BCUT2D eigenvalue weighted by atomic mass is 15.2. The second-order valence-electron chi connectivity index (χ2n) is 4.98. The molecule has 6 nitrogen and oxygen atoms in total. The van der Waals surface area contributed by atoms with Gasteiger partial charge in [-0.05, 0) is 31.9 Å². The van der Waals surface area contributed by atoms with Gasteiger partial charge in [0.2, 0.25) is 0 Å². The Morgan fingerprint density at radius 1 is 1.00 bits per heavy atom. The first kappa shape index (κ1) is 13.5. The number of unbranched alkanes of at least 4 members (excludes halogenated alkanes) is 1. The van der Waals surface area contributed by atoms with Crippen LogP contribution in [0.3, 0.4) is 0 Å². The van der Waals surface area contributed by atoms with E-state index >= 15 is 0 Å². The minimum Gasteiger partial charge on any atom is -0.369 e. The van der Waals surface area contributed by atoms with Gasteiger partial charge in [-0.25, -0.2) is 9.97 Å². The van der Waals surface area contributed by atoms with Crippen molar-refractivity contribution in [2.24, 2.45) is 0 Å². The third-order valence-corrected chi connectivity index (χ3v) is 3.35. The summed E-state index contributed by atoms with van der Waals surface area (Å²) in [5.74, 6) is 0.873. The lowest BCUT2D eigenvalue weighted by Crippen LogP contribution is -2.07. The average molecular weight is 282 g/mol. The molecule has 0 bridgehead atoms. The molecule has 3 aromatic rings. The lowest BCUT2D eigenvalue weighted by atomic mass is 10.2. The zero-order chi connectivity index (χ0) is 14.5. The van der Waals surface area contributed by atoms with E-state index in [9.17, 15) is 0 Å². The number of hydrogen-bond donors (Lipinski definition) is 1. The molecule has 21 heavy (non-hydrogen) atoms. The summed E-state index contributed by atoms with van der Waals surface area (Å²) in [6.45, 7) is 3.81. The van der Waals surface area contributed by atoms with Crippen molar-refractivity contribution in [3.63, 3.8) is 0 Å². The third kappa shape index (κ3) is 3.34. The molecule has 0 saturated carbocycles. The summed E-state index contributed by atoms with van der Waals surface area (Å²) in [4.78, 5) is 9.19. The molecule has 6 heteroatoms. The van der Waals surface area contributed by atoms with Gasteiger partial charge in [0, 0.05) is 13.1 Å². The van der Waals surface area contributed by atoms with E-state index in [2.05, 4.69) is 25.5 Å². The van der Waals surface area contributed by atoms with Crippen LogP contribution in [-0.2, 0) is 6.54 Å². The highest BCUT2D eigenvalue weighted by molar-refractivity contribution is 5.76. The van der Waals surface area contributed by atoms with Crippen molar-refractivity contribution < 1.29 is 0 Å². The van der Waals surface area contributed by atoms with Crippen molar-refractivity contribution in [1.29, 1.82) is 0 Å². The van der Waals surface area contributed by atoms with Gasteiger partial charge in [-0.1, -0.05) is 12.1 Å². The molecule has 108 valence electrons. The number of fused-ring (bicyclic) bond motifs is 1. The van der Waals surface area contributed by atoms with Gasteiger partial charge in [0.15, 0.2) is 0 Å². The molecule has 2 heterocycles. The van der Waals surface area contributed by atoms with Gasteiger partial charge >= 0.3 is 0 Å². The number of benzene rings is 1. The van der Waals surface area contributed by atoms with E-state index in [1.165, 1.54) is 0 Å². The van der Waals surface area contributed by atoms with E-state index in [0.29, 0.717) is 0 Å². The van der Waals surface area contributed by atoms with Crippen molar-refractivity contribution in [3.8, 4) is 0 Å². The monoisotopic (exact) mass is 282 g/mol. The summed E-state index contributed by atoms with van der Waals surface area (Å²) in [5.41, 5.74) is 2.80. The van der Waals surface area contributed by atoms with Crippen molar-refractivity contribution in [3.05, 3.63) is 42.6 Å². The maximum Gasteiger partial charge on any atom is 0.148 e. The van der Waals surface area contributed by atoms with E-state index in [-0.39, 0.29) is 0 Å². The quantitative estimate of drug-likeness (QED) is 0.703. The van der Waals surface area contributed by atoms with Gasteiger partial charge in [-0.2, -0.15) is 0 Å². The minimum absolute atomic E-state index is 0.873. The lowest BCUT2D eigenvalue weighted by molar-refractivity contribution is 0.619. The average Bonchev–Trinajstić information content (AvgIpc) is 3.00. The highest BCUT2D eigenvalue weighted by Gasteiger charge is 2.03. The zero-order valence-electron chi connectivity index (χ0n) is 12.0. The Kier molecular flexibility index (Phi) is 4.04.